The van der Waals surface area contributed by atoms with Gasteiger partial charge in [-0.15, -0.1) is 0 Å². The van der Waals surface area contributed by atoms with Gasteiger partial charge in [0.25, 0.3) is 11.8 Å². The van der Waals surface area contributed by atoms with E-state index in [2.05, 4.69) is 10.6 Å². The number of fused-ring (bicyclic) bond motifs is 1. The molecule has 0 unspecified atom stereocenters. The van der Waals surface area contributed by atoms with Gasteiger partial charge in [-0.05, 0) is 18.2 Å². The zero-order valence-electron chi connectivity index (χ0n) is 13.0. The number of alkyl halides is 3. The van der Waals surface area contributed by atoms with Crippen molar-refractivity contribution in [2.45, 2.75) is 6.18 Å². The average molecular weight is 343 g/mol. The summed E-state index contributed by atoms with van der Waals surface area (Å²) in [5.74, 6) is -1.41. The fourth-order valence-electron chi connectivity index (χ4n) is 2.14. The number of hydrogen-bond acceptors (Lipinski definition) is 4. The molecular formula is C15H16F3N3O3. The van der Waals surface area contributed by atoms with E-state index in [9.17, 15) is 22.8 Å². The highest BCUT2D eigenvalue weighted by Crippen LogP contribution is 2.36. The van der Waals surface area contributed by atoms with Gasteiger partial charge < -0.3 is 20.3 Å². The van der Waals surface area contributed by atoms with Crippen LogP contribution < -0.4 is 15.5 Å². The normalized spacial score (nSPS) is 16.7. The van der Waals surface area contributed by atoms with Crippen molar-refractivity contribution in [3.8, 4) is 0 Å². The highest BCUT2D eigenvalue weighted by Gasteiger charge is 2.34. The van der Waals surface area contributed by atoms with Crippen molar-refractivity contribution in [3.63, 3.8) is 0 Å². The zero-order chi connectivity index (χ0) is 17.9. The summed E-state index contributed by atoms with van der Waals surface area (Å²) in [5.41, 5.74) is -1.01. The fraction of sp³-hybridized carbons (Fsp3) is 0.333. The van der Waals surface area contributed by atoms with Crippen LogP contribution in [0.5, 0.6) is 0 Å². The molecule has 0 spiro atoms. The molecule has 0 radical (unpaired) electrons. The largest absolute Gasteiger partial charge is 0.416 e. The molecule has 6 nitrogen and oxygen atoms in total. The molecule has 0 aliphatic carbocycles. The number of nitrogens with zero attached hydrogens (tertiary/aromatic N) is 1. The number of benzene rings is 1. The second-order valence-electron chi connectivity index (χ2n) is 5.05. The number of amides is 2. The minimum Gasteiger partial charge on any atom is -0.388 e. The molecule has 0 saturated heterocycles. The Kier molecular flexibility index (Phi) is 5.13. The van der Waals surface area contributed by atoms with Crippen LogP contribution in [0.1, 0.15) is 5.56 Å². The quantitative estimate of drug-likeness (QED) is 0.496. The van der Waals surface area contributed by atoms with Gasteiger partial charge in [-0.3, -0.25) is 9.59 Å². The van der Waals surface area contributed by atoms with Gasteiger partial charge in [-0.25, -0.2) is 0 Å². The molecule has 1 heterocycles. The minimum atomic E-state index is -4.55. The molecule has 2 amide bonds. The third-order valence-electron chi connectivity index (χ3n) is 3.41. The molecule has 0 aromatic heterocycles. The maximum absolute atomic E-state index is 12.8. The van der Waals surface area contributed by atoms with Crippen molar-refractivity contribution in [3.05, 3.63) is 35.5 Å². The van der Waals surface area contributed by atoms with Gasteiger partial charge in [-0.2, -0.15) is 13.2 Å². The summed E-state index contributed by atoms with van der Waals surface area (Å²) >= 11 is 0. The van der Waals surface area contributed by atoms with Crippen molar-refractivity contribution in [2.24, 2.45) is 0 Å². The highest BCUT2D eigenvalue weighted by molar-refractivity contribution is 6.29. The number of methoxy groups -OCH3 is 1. The van der Waals surface area contributed by atoms with Crippen LogP contribution in [0, 0.1) is 0 Å². The Hall–Kier alpha value is -2.55. The smallest absolute Gasteiger partial charge is 0.388 e. The zero-order valence-corrected chi connectivity index (χ0v) is 13.0. The molecule has 0 atom stereocenters. The summed E-state index contributed by atoms with van der Waals surface area (Å²) in [6.45, 7) is 0.736. The maximum Gasteiger partial charge on any atom is 0.416 e. The fourth-order valence-corrected chi connectivity index (χ4v) is 2.14. The second-order valence-corrected chi connectivity index (χ2v) is 5.05. The maximum atomic E-state index is 12.8. The molecule has 130 valence electrons. The van der Waals surface area contributed by atoms with Crippen LogP contribution in [-0.2, 0) is 20.5 Å². The van der Waals surface area contributed by atoms with Gasteiger partial charge >= 0.3 is 6.18 Å². The van der Waals surface area contributed by atoms with Crippen LogP contribution in [0.15, 0.2) is 30.0 Å². The lowest BCUT2D eigenvalue weighted by molar-refractivity contribution is -0.137. The Balaban J connectivity index is 2.35. The summed E-state index contributed by atoms with van der Waals surface area (Å²) in [7, 11) is 2.89. The van der Waals surface area contributed by atoms with E-state index in [1.165, 1.54) is 20.4 Å². The van der Waals surface area contributed by atoms with Crippen LogP contribution in [0.3, 0.4) is 0 Å². The molecule has 2 N–H and O–H groups in total. The number of carbonyl (C=O) groups excluding carboxylic acids is 2. The van der Waals surface area contributed by atoms with Crippen LogP contribution in [0.25, 0.3) is 0 Å². The first-order valence-electron chi connectivity index (χ1n) is 6.99. The molecule has 0 saturated carbocycles. The lowest BCUT2D eigenvalue weighted by atomic mass is 10.1. The molecule has 9 heteroatoms. The predicted octanol–water partition coefficient (Wildman–Crippen LogP) is 1.74. The number of nitrogens with one attached hydrogen (secondary N) is 2. The number of ether oxygens (including phenoxy) is 1. The molecule has 0 fully saturated rings. The molecule has 24 heavy (non-hydrogen) atoms. The Labute approximate surface area is 136 Å². The summed E-state index contributed by atoms with van der Waals surface area (Å²) in [6, 6.07) is 2.82. The molecule has 1 aliphatic heterocycles. The number of likely N-dealkylation sites (N-methyl/N-ethyl adjacent to an activating group) is 1. The average Bonchev–Trinajstić information content (AvgIpc) is 2.60. The van der Waals surface area contributed by atoms with Gasteiger partial charge in [-0.1, -0.05) is 0 Å². The molecular weight excluding hydrogens is 327 g/mol. The molecule has 1 aromatic rings. The summed E-state index contributed by atoms with van der Waals surface area (Å²) < 4.78 is 43.3. The first-order valence-corrected chi connectivity index (χ1v) is 6.99. The lowest BCUT2D eigenvalue weighted by Gasteiger charge is -2.18. The van der Waals surface area contributed by atoms with Crippen LogP contribution >= 0.6 is 0 Å². The number of halogens is 3. The highest BCUT2D eigenvalue weighted by atomic mass is 19.4. The molecule has 1 aliphatic rings. The van der Waals surface area contributed by atoms with Crippen LogP contribution in [0.4, 0.5) is 24.5 Å². The van der Waals surface area contributed by atoms with Gasteiger partial charge in [0, 0.05) is 26.9 Å². The van der Waals surface area contributed by atoms with E-state index in [0.717, 1.165) is 23.1 Å². The third-order valence-corrected chi connectivity index (χ3v) is 3.41. The SMILES string of the molecule is COCCN/C=C1\C(=O)Nc2cc(C(F)(F)F)ccc2N(C)C1=O. The Morgan fingerprint density at radius 2 is 2.04 bits per heavy atom. The van der Waals surface area contributed by atoms with Crippen molar-refractivity contribution >= 4 is 23.2 Å². The lowest BCUT2D eigenvalue weighted by Crippen LogP contribution is -2.31. The predicted molar refractivity (Wildman–Crippen MR) is 81.4 cm³/mol. The van der Waals surface area contributed by atoms with Gasteiger partial charge in [0.05, 0.1) is 23.5 Å². The number of rotatable bonds is 4. The first kappa shape index (κ1) is 17.8. The van der Waals surface area contributed by atoms with E-state index in [1.54, 1.807) is 0 Å². The van der Waals surface area contributed by atoms with E-state index >= 15 is 0 Å². The third kappa shape index (κ3) is 3.67. The second kappa shape index (κ2) is 6.91. The Bertz CT molecular complexity index is 686. The van der Waals surface area contributed by atoms with E-state index in [-0.39, 0.29) is 16.9 Å². The summed E-state index contributed by atoms with van der Waals surface area (Å²) in [4.78, 5) is 25.7. The van der Waals surface area contributed by atoms with Crippen LogP contribution in [0.2, 0.25) is 0 Å². The summed E-state index contributed by atoms with van der Waals surface area (Å²) in [5, 5.41) is 5.10. The van der Waals surface area contributed by atoms with Gasteiger partial charge in [0.1, 0.15) is 5.57 Å². The molecule has 1 aromatic carbocycles. The summed E-state index contributed by atoms with van der Waals surface area (Å²) in [6.07, 6.45) is -3.32. The number of carbonyl (C=O) groups is 2. The van der Waals surface area contributed by atoms with E-state index in [0.29, 0.717) is 13.2 Å². The molecule has 2 rings (SSSR count). The standard InChI is InChI=1S/C15H16F3N3O3/c1-21-12-4-3-9(15(16,17)18)7-11(12)20-13(22)10(14(21)23)8-19-5-6-24-2/h3-4,7-8,19H,5-6H2,1-2H3,(H,20,22)/b10-8+. The monoisotopic (exact) mass is 343 g/mol. The van der Waals surface area contributed by atoms with Gasteiger partial charge in [0.2, 0.25) is 0 Å². The molecule has 0 bridgehead atoms. The Morgan fingerprint density at radius 1 is 1.33 bits per heavy atom. The number of anilines is 2. The minimum absolute atomic E-state index is 0.0778. The Morgan fingerprint density at radius 3 is 2.67 bits per heavy atom. The first-order chi connectivity index (χ1) is 11.3. The van der Waals surface area contributed by atoms with Crippen molar-refractivity contribution < 1.29 is 27.5 Å². The van der Waals surface area contributed by atoms with Crippen LogP contribution in [-0.4, -0.2) is 39.1 Å². The number of hydrogen-bond donors (Lipinski definition) is 2. The van der Waals surface area contributed by atoms with Crippen molar-refractivity contribution in [2.75, 3.05) is 37.5 Å². The van der Waals surface area contributed by atoms with Gasteiger partial charge in [0.15, 0.2) is 0 Å². The van der Waals surface area contributed by atoms with E-state index < -0.39 is 23.6 Å². The van der Waals surface area contributed by atoms with Crippen molar-refractivity contribution in [1.82, 2.24) is 5.32 Å². The van der Waals surface area contributed by atoms with E-state index in [1.807, 2.05) is 0 Å². The van der Waals surface area contributed by atoms with E-state index in [4.69, 9.17) is 4.74 Å². The topological polar surface area (TPSA) is 70.7 Å². The van der Waals surface area contributed by atoms with Crippen molar-refractivity contribution in [1.29, 1.82) is 0 Å².